The maximum absolute atomic E-state index is 11.3. The molecule has 1 aliphatic heterocycles. The zero-order valence-corrected chi connectivity index (χ0v) is 14.7. The third-order valence-corrected chi connectivity index (χ3v) is 7.74. The molecule has 3 rings (SSSR count). The Morgan fingerprint density at radius 1 is 1.20 bits per heavy atom. The molecule has 2 aromatic rings. The molecule has 0 aliphatic carbocycles. The fourth-order valence-electron chi connectivity index (χ4n) is 2.07. The normalized spacial score (nSPS) is 17.2. The summed E-state index contributed by atoms with van der Waals surface area (Å²) < 4.78 is 23.9. The van der Waals surface area contributed by atoms with Gasteiger partial charge < -0.3 is 0 Å². The van der Waals surface area contributed by atoms with E-state index < -0.39 is 10.0 Å². The van der Waals surface area contributed by atoms with Crippen molar-refractivity contribution in [2.75, 3.05) is 24.6 Å². The van der Waals surface area contributed by atoms with E-state index in [4.69, 9.17) is 5.14 Å². The molecule has 20 heavy (non-hydrogen) atoms. The van der Waals surface area contributed by atoms with Crippen LogP contribution in [0, 0.1) is 0 Å². The van der Waals surface area contributed by atoms with Crippen LogP contribution in [0.3, 0.4) is 0 Å². The Morgan fingerprint density at radius 2 is 1.90 bits per heavy atom. The molecular weight excluding hydrogens is 356 g/mol. The first kappa shape index (κ1) is 16.5. The fraction of sp³-hybridized carbons (Fsp3) is 0.455. The van der Waals surface area contributed by atoms with Gasteiger partial charge in [0.15, 0.2) is 0 Å². The van der Waals surface area contributed by atoms with Crippen LogP contribution in [-0.4, -0.2) is 37.9 Å². The number of rotatable bonds is 3. The van der Waals surface area contributed by atoms with Gasteiger partial charge in [-0.05, 0) is 12.1 Å². The van der Waals surface area contributed by atoms with Crippen LogP contribution >= 0.6 is 46.8 Å². The first-order chi connectivity index (χ1) is 9.02. The quantitative estimate of drug-likeness (QED) is 0.901. The van der Waals surface area contributed by atoms with Crippen molar-refractivity contribution < 1.29 is 8.42 Å². The molecule has 1 fully saturated rings. The van der Waals surface area contributed by atoms with Crippen molar-refractivity contribution in [3.05, 3.63) is 17.0 Å². The highest BCUT2D eigenvalue weighted by molar-refractivity contribution is 7.99. The summed E-state index contributed by atoms with van der Waals surface area (Å²) in [6.45, 7) is 3.24. The van der Waals surface area contributed by atoms with Crippen LogP contribution in [0.2, 0.25) is 0 Å². The van der Waals surface area contributed by atoms with Gasteiger partial charge in [-0.25, -0.2) is 13.6 Å². The molecule has 0 radical (unpaired) electrons. The Labute approximate surface area is 136 Å². The Morgan fingerprint density at radius 3 is 2.50 bits per heavy atom. The van der Waals surface area contributed by atoms with E-state index in [1.807, 2.05) is 11.8 Å². The zero-order valence-electron chi connectivity index (χ0n) is 10.6. The van der Waals surface area contributed by atoms with E-state index in [-0.39, 0.29) is 16.6 Å². The lowest BCUT2D eigenvalue weighted by molar-refractivity contribution is 0.297. The lowest BCUT2D eigenvalue weighted by Crippen LogP contribution is -2.31. The van der Waals surface area contributed by atoms with E-state index in [0.717, 1.165) is 29.0 Å². The highest BCUT2D eigenvalue weighted by atomic mass is 35.5. The maximum atomic E-state index is 11.3. The minimum absolute atomic E-state index is 0. The van der Waals surface area contributed by atoms with Crippen LogP contribution < -0.4 is 5.14 Å². The van der Waals surface area contributed by atoms with E-state index in [2.05, 4.69) is 11.0 Å². The highest BCUT2D eigenvalue weighted by Crippen LogP contribution is 2.35. The van der Waals surface area contributed by atoms with Crippen molar-refractivity contribution in [2.45, 2.75) is 10.8 Å². The SMILES string of the molecule is Cl.NS(=O)(=O)c1cc2cc(CN3CCSCC3)sc2s1. The molecular formula is C11H15ClN2O2S4. The fourth-order valence-corrected chi connectivity index (χ4v) is 6.48. The molecule has 9 heteroatoms. The average Bonchev–Trinajstić information content (AvgIpc) is 2.87. The van der Waals surface area contributed by atoms with E-state index in [1.54, 1.807) is 17.4 Å². The van der Waals surface area contributed by atoms with Gasteiger partial charge in [0, 0.05) is 41.4 Å². The van der Waals surface area contributed by atoms with Crippen LogP contribution in [0.1, 0.15) is 4.88 Å². The first-order valence-corrected chi connectivity index (χ1v) is 10.2. The molecule has 0 amide bonds. The molecule has 1 aliphatic rings. The van der Waals surface area contributed by atoms with Crippen LogP contribution in [0.5, 0.6) is 0 Å². The summed E-state index contributed by atoms with van der Waals surface area (Å²) in [5.41, 5.74) is 0. The topological polar surface area (TPSA) is 63.4 Å². The van der Waals surface area contributed by atoms with Crippen molar-refractivity contribution in [3.63, 3.8) is 0 Å². The minimum atomic E-state index is -3.56. The second kappa shape index (κ2) is 6.51. The minimum Gasteiger partial charge on any atom is -0.297 e. The van der Waals surface area contributed by atoms with Gasteiger partial charge in [0.25, 0.3) is 0 Å². The number of nitrogens with zero attached hydrogens (tertiary/aromatic N) is 1. The summed E-state index contributed by atoms with van der Waals surface area (Å²) in [4.78, 5) is 3.75. The van der Waals surface area contributed by atoms with Crippen LogP contribution in [0.15, 0.2) is 16.3 Å². The molecule has 2 aromatic heterocycles. The Kier molecular flexibility index (Phi) is 5.39. The second-order valence-electron chi connectivity index (χ2n) is 4.45. The van der Waals surface area contributed by atoms with E-state index >= 15 is 0 Å². The number of sulfonamides is 1. The lowest BCUT2D eigenvalue weighted by atomic mass is 10.3. The van der Waals surface area contributed by atoms with Gasteiger partial charge in [0.05, 0.1) is 4.01 Å². The molecule has 4 nitrogen and oxygen atoms in total. The number of nitrogens with two attached hydrogens (primary N) is 1. The standard InChI is InChI=1S/C11H14N2O2S4.ClH/c12-19(14,15)10-6-8-5-9(17-11(8)18-10)7-13-1-3-16-4-2-13;/h5-6H,1-4,7H2,(H2,12,14,15);1H. The van der Waals surface area contributed by atoms with Gasteiger partial charge in [-0.2, -0.15) is 11.8 Å². The van der Waals surface area contributed by atoms with Gasteiger partial charge in [-0.15, -0.1) is 35.1 Å². The van der Waals surface area contributed by atoms with Crippen molar-refractivity contribution in [3.8, 4) is 0 Å². The molecule has 0 aromatic carbocycles. The maximum Gasteiger partial charge on any atom is 0.247 e. The van der Waals surface area contributed by atoms with Gasteiger partial charge in [-0.1, -0.05) is 0 Å². The molecule has 1 saturated heterocycles. The number of halogens is 1. The lowest BCUT2D eigenvalue weighted by Gasteiger charge is -2.25. The molecule has 0 bridgehead atoms. The van der Waals surface area contributed by atoms with E-state index in [9.17, 15) is 8.42 Å². The average molecular weight is 371 g/mol. The molecule has 0 spiro atoms. The second-order valence-corrected chi connectivity index (χ2v) is 9.91. The Hall–Kier alpha value is 0.170. The number of fused-ring (bicyclic) bond motifs is 1. The summed E-state index contributed by atoms with van der Waals surface area (Å²) in [6, 6.07) is 3.77. The largest absolute Gasteiger partial charge is 0.297 e. The molecule has 112 valence electrons. The summed E-state index contributed by atoms with van der Waals surface area (Å²) in [5, 5.41) is 6.14. The van der Waals surface area contributed by atoms with Crippen LogP contribution in [-0.2, 0) is 16.6 Å². The summed E-state index contributed by atoms with van der Waals surface area (Å²) in [5.74, 6) is 2.41. The number of hydrogen-bond acceptors (Lipinski definition) is 6. The van der Waals surface area contributed by atoms with Gasteiger partial charge >= 0.3 is 0 Å². The first-order valence-electron chi connectivity index (χ1n) is 5.87. The summed E-state index contributed by atoms with van der Waals surface area (Å²) in [6.07, 6.45) is 0. The molecule has 0 atom stereocenters. The van der Waals surface area contributed by atoms with Crippen molar-refractivity contribution in [1.82, 2.24) is 4.90 Å². The van der Waals surface area contributed by atoms with E-state index in [1.165, 1.54) is 27.7 Å². The van der Waals surface area contributed by atoms with Gasteiger partial charge in [0.2, 0.25) is 10.0 Å². The Balaban J connectivity index is 0.00000147. The van der Waals surface area contributed by atoms with Crippen molar-refractivity contribution in [1.29, 1.82) is 0 Å². The molecule has 0 unspecified atom stereocenters. The van der Waals surface area contributed by atoms with Gasteiger partial charge in [-0.3, -0.25) is 4.90 Å². The van der Waals surface area contributed by atoms with Gasteiger partial charge in [0.1, 0.15) is 4.21 Å². The number of thioether (sulfide) groups is 1. The highest BCUT2D eigenvalue weighted by Gasteiger charge is 2.16. The third kappa shape index (κ3) is 3.68. The predicted octanol–water partition coefficient (Wildman–Crippen LogP) is 2.58. The monoisotopic (exact) mass is 370 g/mol. The van der Waals surface area contributed by atoms with Crippen LogP contribution in [0.4, 0.5) is 0 Å². The number of primary sulfonamides is 1. The van der Waals surface area contributed by atoms with Crippen LogP contribution in [0.25, 0.3) is 9.40 Å². The van der Waals surface area contributed by atoms with Crippen molar-refractivity contribution in [2.24, 2.45) is 5.14 Å². The summed E-state index contributed by atoms with van der Waals surface area (Å²) in [7, 11) is -3.56. The zero-order chi connectivity index (χ0) is 13.5. The molecule has 2 N–H and O–H groups in total. The predicted molar refractivity (Wildman–Crippen MR) is 90.9 cm³/mol. The van der Waals surface area contributed by atoms with E-state index in [0.29, 0.717) is 0 Å². The number of thiophene rings is 2. The van der Waals surface area contributed by atoms with Crippen molar-refractivity contribution >= 4 is 66.3 Å². The number of hydrogen-bond donors (Lipinski definition) is 1. The Bertz CT molecular complexity index is 657. The smallest absolute Gasteiger partial charge is 0.247 e. The summed E-state index contributed by atoms with van der Waals surface area (Å²) >= 11 is 4.95. The molecule has 0 saturated carbocycles. The third-order valence-electron chi connectivity index (χ3n) is 3.01. The molecule has 3 heterocycles.